The highest BCUT2D eigenvalue weighted by atomic mass is 15.3. The molecule has 0 spiro atoms. The van der Waals surface area contributed by atoms with Gasteiger partial charge in [-0.05, 0) is 27.7 Å². The van der Waals surface area contributed by atoms with Crippen LogP contribution in [0.15, 0.2) is 5.10 Å². The third kappa shape index (κ3) is 3.66. The molecule has 1 N–H and O–H groups in total. The van der Waals surface area contributed by atoms with Crippen molar-refractivity contribution in [3.63, 3.8) is 0 Å². The molecule has 0 saturated carbocycles. The SMILES string of the molecule is CC(C)NN=C1CCN(C(C)C)CC1. The number of nitrogens with one attached hydrogen (secondary N) is 1. The summed E-state index contributed by atoms with van der Waals surface area (Å²) < 4.78 is 0. The summed E-state index contributed by atoms with van der Waals surface area (Å²) in [4.78, 5) is 2.51. The Balaban J connectivity index is 2.31. The Hall–Kier alpha value is -0.570. The first-order valence-corrected chi connectivity index (χ1v) is 5.64. The highest BCUT2D eigenvalue weighted by molar-refractivity contribution is 5.85. The topological polar surface area (TPSA) is 27.6 Å². The van der Waals surface area contributed by atoms with Gasteiger partial charge in [-0.15, -0.1) is 0 Å². The summed E-state index contributed by atoms with van der Waals surface area (Å²) in [6, 6.07) is 1.13. The van der Waals surface area contributed by atoms with E-state index in [4.69, 9.17) is 0 Å². The first-order chi connectivity index (χ1) is 6.59. The maximum Gasteiger partial charge on any atom is 0.0403 e. The molecule has 1 aliphatic rings. The van der Waals surface area contributed by atoms with Crippen LogP contribution in [0, 0.1) is 0 Å². The summed E-state index contributed by atoms with van der Waals surface area (Å²) in [6.07, 6.45) is 2.25. The Morgan fingerprint density at radius 1 is 1.14 bits per heavy atom. The lowest BCUT2D eigenvalue weighted by molar-refractivity contribution is 0.222. The lowest BCUT2D eigenvalue weighted by Crippen LogP contribution is -2.39. The standard InChI is InChI=1S/C11H23N3/c1-9(2)12-13-11-5-7-14(8-6-11)10(3)4/h9-10,12H,5-8H2,1-4H3. The fraction of sp³-hybridized carbons (Fsp3) is 0.909. The van der Waals surface area contributed by atoms with E-state index in [1.54, 1.807) is 0 Å². The number of hydrazone groups is 1. The molecule has 1 rings (SSSR count). The van der Waals surface area contributed by atoms with E-state index in [0.29, 0.717) is 12.1 Å². The predicted octanol–water partition coefficient (Wildman–Crippen LogP) is 1.84. The zero-order chi connectivity index (χ0) is 10.6. The van der Waals surface area contributed by atoms with E-state index < -0.39 is 0 Å². The maximum absolute atomic E-state index is 4.42. The highest BCUT2D eigenvalue weighted by Crippen LogP contribution is 2.10. The van der Waals surface area contributed by atoms with Crippen LogP contribution in [0.1, 0.15) is 40.5 Å². The van der Waals surface area contributed by atoms with Crippen LogP contribution in [0.3, 0.4) is 0 Å². The van der Waals surface area contributed by atoms with E-state index in [1.807, 2.05) is 0 Å². The van der Waals surface area contributed by atoms with Crippen molar-refractivity contribution in [2.24, 2.45) is 5.10 Å². The van der Waals surface area contributed by atoms with E-state index in [-0.39, 0.29) is 0 Å². The second kappa shape index (κ2) is 5.35. The smallest absolute Gasteiger partial charge is 0.0403 e. The number of nitrogens with zero attached hydrogens (tertiary/aromatic N) is 2. The summed E-state index contributed by atoms with van der Waals surface area (Å²) >= 11 is 0. The summed E-state index contributed by atoms with van der Waals surface area (Å²) in [5, 5.41) is 4.42. The normalized spacial score (nSPS) is 19.1. The summed E-state index contributed by atoms with van der Waals surface area (Å²) in [6.45, 7) is 11.1. The van der Waals surface area contributed by atoms with Crippen LogP contribution in [-0.2, 0) is 0 Å². The Kier molecular flexibility index (Phi) is 4.39. The van der Waals surface area contributed by atoms with Crippen molar-refractivity contribution in [2.75, 3.05) is 13.1 Å². The summed E-state index contributed by atoms with van der Waals surface area (Å²) in [5.41, 5.74) is 4.46. The molecule has 3 nitrogen and oxygen atoms in total. The van der Waals surface area contributed by atoms with Gasteiger partial charge in [0.05, 0.1) is 0 Å². The van der Waals surface area contributed by atoms with Crippen LogP contribution in [0.2, 0.25) is 0 Å². The Bertz CT molecular complexity index is 187. The van der Waals surface area contributed by atoms with Crippen molar-refractivity contribution in [1.82, 2.24) is 10.3 Å². The fourth-order valence-electron chi connectivity index (χ4n) is 1.63. The minimum atomic E-state index is 0.450. The first kappa shape index (κ1) is 11.5. The predicted molar refractivity (Wildman–Crippen MR) is 61.6 cm³/mol. The summed E-state index contributed by atoms with van der Waals surface area (Å²) in [7, 11) is 0. The van der Waals surface area contributed by atoms with Gasteiger partial charge in [0.15, 0.2) is 0 Å². The molecule has 0 bridgehead atoms. The molecule has 3 heteroatoms. The molecule has 82 valence electrons. The molecule has 0 aromatic carbocycles. The minimum absolute atomic E-state index is 0.450. The van der Waals surface area contributed by atoms with Crippen LogP contribution in [0.25, 0.3) is 0 Å². The van der Waals surface area contributed by atoms with Gasteiger partial charge in [-0.3, -0.25) is 0 Å². The molecular formula is C11H23N3. The summed E-state index contributed by atoms with van der Waals surface area (Å²) in [5.74, 6) is 0. The second-order valence-electron chi connectivity index (χ2n) is 4.59. The lowest BCUT2D eigenvalue weighted by Gasteiger charge is -2.30. The molecule has 1 saturated heterocycles. The van der Waals surface area contributed by atoms with E-state index in [2.05, 4.69) is 43.1 Å². The van der Waals surface area contributed by atoms with E-state index in [0.717, 1.165) is 25.9 Å². The lowest BCUT2D eigenvalue weighted by atomic mass is 10.1. The Morgan fingerprint density at radius 2 is 1.71 bits per heavy atom. The molecule has 0 amide bonds. The maximum atomic E-state index is 4.42. The van der Waals surface area contributed by atoms with Crippen molar-refractivity contribution in [3.05, 3.63) is 0 Å². The van der Waals surface area contributed by atoms with Gasteiger partial charge in [0.1, 0.15) is 0 Å². The molecule has 1 fully saturated rings. The van der Waals surface area contributed by atoms with E-state index in [9.17, 15) is 0 Å². The highest BCUT2D eigenvalue weighted by Gasteiger charge is 2.16. The number of rotatable bonds is 3. The average molecular weight is 197 g/mol. The fourth-order valence-corrected chi connectivity index (χ4v) is 1.63. The first-order valence-electron chi connectivity index (χ1n) is 5.64. The second-order valence-corrected chi connectivity index (χ2v) is 4.59. The molecule has 0 radical (unpaired) electrons. The molecule has 1 aliphatic heterocycles. The Morgan fingerprint density at radius 3 is 2.14 bits per heavy atom. The number of hydrogen-bond acceptors (Lipinski definition) is 3. The molecular weight excluding hydrogens is 174 g/mol. The number of hydrogen-bond donors (Lipinski definition) is 1. The molecule has 0 aliphatic carbocycles. The monoisotopic (exact) mass is 197 g/mol. The third-order valence-corrected chi connectivity index (χ3v) is 2.59. The van der Waals surface area contributed by atoms with Gasteiger partial charge in [-0.2, -0.15) is 5.10 Å². The molecule has 1 heterocycles. The quantitative estimate of drug-likeness (QED) is 0.699. The van der Waals surface area contributed by atoms with Crippen LogP contribution >= 0.6 is 0 Å². The zero-order valence-electron chi connectivity index (χ0n) is 9.88. The van der Waals surface area contributed by atoms with Gasteiger partial charge in [0, 0.05) is 43.7 Å². The largest absolute Gasteiger partial charge is 0.308 e. The third-order valence-electron chi connectivity index (χ3n) is 2.59. The van der Waals surface area contributed by atoms with Gasteiger partial charge in [-0.25, -0.2) is 0 Å². The minimum Gasteiger partial charge on any atom is -0.308 e. The van der Waals surface area contributed by atoms with Crippen molar-refractivity contribution in [2.45, 2.75) is 52.6 Å². The van der Waals surface area contributed by atoms with E-state index >= 15 is 0 Å². The van der Waals surface area contributed by atoms with Gasteiger partial charge < -0.3 is 10.3 Å². The van der Waals surface area contributed by atoms with Crippen molar-refractivity contribution < 1.29 is 0 Å². The van der Waals surface area contributed by atoms with Gasteiger partial charge in [0.25, 0.3) is 0 Å². The van der Waals surface area contributed by atoms with Crippen LogP contribution in [0.5, 0.6) is 0 Å². The molecule has 0 aromatic rings. The molecule has 14 heavy (non-hydrogen) atoms. The Labute approximate surface area is 87.6 Å². The van der Waals surface area contributed by atoms with Gasteiger partial charge in [-0.1, -0.05) is 0 Å². The van der Waals surface area contributed by atoms with Crippen molar-refractivity contribution in [1.29, 1.82) is 0 Å². The van der Waals surface area contributed by atoms with Gasteiger partial charge >= 0.3 is 0 Å². The van der Waals surface area contributed by atoms with Crippen molar-refractivity contribution >= 4 is 5.71 Å². The molecule has 0 atom stereocenters. The molecule has 0 aromatic heterocycles. The molecule has 0 unspecified atom stereocenters. The van der Waals surface area contributed by atoms with E-state index in [1.165, 1.54) is 5.71 Å². The average Bonchev–Trinajstić information content (AvgIpc) is 2.15. The zero-order valence-corrected chi connectivity index (χ0v) is 9.88. The van der Waals surface area contributed by atoms with Crippen molar-refractivity contribution in [3.8, 4) is 0 Å². The van der Waals surface area contributed by atoms with Crippen LogP contribution < -0.4 is 5.43 Å². The van der Waals surface area contributed by atoms with Gasteiger partial charge in [0.2, 0.25) is 0 Å². The van der Waals surface area contributed by atoms with Crippen LogP contribution in [-0.4, -0.2) is 35.8 Å². The van der Waals surface area contributed by atoms with Crippen LogP contribution in [0.4, 0.5) is 0 Å². The number of likely N-dealkylation sites (tertiary alicyclic amines) is 1. The number of piperidine rings is 1.